The van der Waals surface area contributed by atoms with Crippen molar-refractivity contribution in [1.29, 1.82) is 0 Å². The van der Waals surface area contributed by atoms with Crippen LogP contribution in [0, 0.1) is 5.92 Å². The van der Waals surface area contributed by atoms with Crippen molar-refractivity contribution >= 4 is 18.8 Å². The molecule has 0 bridgehead atoms. The zero-order valence-corrected chi connectivity index (χ0v) is 17.7. The van der Waals surface area contributed by atoms with Gasteiger partial charge in [-0.15, -0.1) is 0 Å². The fraction of sp³-hybridized carbons (Fsp3) is 0.722. The van der Waals surface area contributed by atoms with E-state index in [1.807, 2.05) is 4.57 Å². The Morgan fingerprint density at radius 3 is 2.46 bits per heavy atom. The van der Waals surface area contributed by atoms with Gasteiger partial charge < -0.3 is 13.6 Å². The van der Waals surface area contributed by atoms with Crippen molar-refractivity contribution in [3.63, 3.8) is 0 Å². The molecule has 0 saturated heterocycles. The van der Waals surface area contributed by atoms with Crippen LogP contribution < -0.4 is 11.2 Å². The van der Waals surface area contributed by atoms with Crippen molar-refractivity contribution in [3.05, 3.63) is 27.2 Å². The number of hydrogen-bond donors (Lipinski definition) is 0. The Morgan fingerprint density at radius 1 is 1.18 bits per heavy atom. The molecule has 1 aliphatic carbocycles. The van der Waals surface area contributed by atoms with Crippen molar-refractivity contribution in [3.8, 4) is 0 Å². The standard InChI is InChI=1S/C18H29N4O5P/c1-4-26-28(25,27-5-2)11-7-6-10-22-17(23)15-16(20(3)18(22)24)19-13-21(15)12-14-8-9-14/h13-14H,4-12H2,1-3H3. The van der Waals surface area contributed by atoms with E-state index >= 15 is 0 Å². The van der Waals surface area contributed by atoms with Gasteiger partial charge in [-0.05, 0) is 45.4 Å². The molecule has 10 heteroatoms. The molecule has 0 atom stereocenters. The Hall–Kier alpha value is -1.70. The van der Waals surface area contributed by atoms with E-state index in [4.69, 9.17) is 9.05 Å². The molecule has 0 aliphatic heterocycles. The highest BCUT2D eigenvalue weighted by atomic mass is 31.2. The average Bonchev–Trinajstić information content (AvgIpc) is 3.36. The maximum absolute atomic E-state index is 13.0. The van der Waals surface area contributed by atoms with Crippen LogP contribution in [0.5, 0.6) is 0 Å². The first-order valence-electron chi connectivity index (χ1n) is 9.93. The Balaban J connectivity index is 1.76. The van der Waals surface area contributed by atoms with Gasteiger partial charge in [0.1, 0.15) is 0 Å². The van der Waals surface area contributed by atoms with E-state index in [0.717, 1.165) is 6.54 Å². The van der Waals surface area contributed by atoms with Gasteiger partial charge in [0, 0.05) is 20.1 Å². The second-order valence-corrected chi connectivity index (χ2v) is 9.37. The van der Waals surface area contributed by atoms with E-state index in [1.54, 1.807) is 27.2 Å². The predicted octanol–water partition coefficient (Wildman–Crippen LogP) is 2.35. The molecule has 9 nitrogen and oxygen atoms in total. The van der Waals surface area contributed by atoms with E-state index in [-0.39, 0.29) is 24.0 Å². The molecule has 0 aromatic carbocycles. The van der Waals surface area contributed by atoms with E-state index in [2.05, 4.69) is 4.98 Å². The molecule has 0 unspecified atom stereocenters. The molecule has 1 saturated carbocycles. The van der Waals surface area contributed by atoms with Crippen LogP contribution in [0.2, 0.25) is 0 Å². The number of aryl methyl sites for hydroxylation is 1. The van der Waals surface area contributed by atoms with Crippen LogP contribution in [0.25, 0.3) is 11.2 Å². The van der Waals surface area contributed by atoms with Gasteiger partial charge in [-0.3, -0.25) is 18.5 Å². The number of aromatic nitrogens is 4. The maximum atomic E-state index is 13.0. The minimum atomic E-state index is -3.10. The molecule has 2 heterocycles. The summed E-state index contributed by atoms with van der Waals surface area (Å²) < 4.78 is 27.6. The van der Waals surface area contributed by atoms with Gasteiger partial charge in [-0.1, -0.05) is 0 Å². The van der Waals surface area contributed by atoms with Gasteiger partial charge >= 0.3 is 13.3 Å². The SMILES string of the molecule is CCOP(=O)(CCCCn1c(=O)c2c(ncn2CC2CC2)n(C)c1=O)OCC. The molecular weight excluding hydrogens is 383 g/mol. The second-order valence-electron chi connectivity index (χ2n) is 7.19. The normalized spacial score (nSPS) is 14.8. The fourth-order valence-corrected chi connectivity index (χ4v) is 5.10. The van der Waals surface area contributed by atoms with Crippen molar-refractivity contribution in [2.24, 2.45) is 13.0 Å². The third-order valence-corrected chi connectivity index (χ3v) is 7.14. The van der Waals surface area contributed by atoms with Gasteiger partial charge in [0.25, 0.3) is 5.56 Å². The summed E-state index contributed by atoms with van der Waals surface area (Å²) in [5.41, 5.74) is 0.202. The van der Waals surface area contributed by atoms with Crippen LogP contribution in [-0.2, 0) is 33.7 Å². The number of rotatable bonds is 11. The maximum Gasteiger partial charge on any atom is 0.332 e. The molecule has 28 heavy (non-hydrogen) atoms. The molecule has 1 aliphatic rings. The summed E-state index contributed by atoms with van der Waals surface area (Å²) >= 11 is 0. The van der Waals surface area contributed by atoms with Crippen molar-refractivity contribution in [1.82, 2.24) is 18.7 Å². The van der Waals surface area contributed by atoms with E-state index in [9.17, 15) is 14.2 Å². The number of nitrogens with zero attached hydrogens (tertiary/aromatic N) is 4. The number of imidazole rings is 1. The summed E-state index contributed by atoms with van der Waals surface area (Å²) in [5, 5.41) is 0. The molecule has 2 aromatic heterocycles. The third kappa shape index (κ3) is 4.47. The fourth-order valence-electron chi connectivity index (χ4n) is 3.37. The highest BCUT2D eigenvalue weighted by molar-refractivity contribution is 7.53. The van der Waals surface area contributed by atoms with Crippen LogP contribution in [0.3, 0.4) is 0 Å². The first-order valence-corrected chi connectivity index (χ1v) is 11.7. The summed E-state index contributed by atoms with van der Waals surface area (Å²) in [5.74, 6) is 0.591. The van der Waals surface area contributed by atoms with E-state index < -0.39 is 7.60 Å². The Kier molecular flexibility index (Phi) is 6.58. The highest BCUT2D eigenvalue weighted by Gasteiger charge is 2.25. The summed E-state index contributed by atoms with van der Waals surface area (Å²) in [6.45, 7) is 5.20. The van der Waals surface area contributed by atoms with Crippen LogP contribution in [-0.4, -0.2) is 38.1 Å². The lowest BCUT2D eigenvalue weighted by Gasteiger charge is -2.16. The van der Waals surface area contributed by atoms with Crippen molar-refractivity contribution in [2.45, 2.75) is 52.6 Å². The summed E-state index contributed by atoms with van der Waals surface area (Å²) in [6, 6.07) is 0. The number of unbranched alkanes of at least 4 members (excludes halogenated alkanes) is 1. The molecule has 0 spiro atoms. The summed E-state index contributed by atoms with van der Waals surface area (Å²) in [6.07, 6.45) is 5.31. The quantitative estimate of drug-likeness (QED) is 0.415. The minimum absolute atomic E-state index is 0.258. The van der Waals surface area contributed by atoms with E-state index in [1.165, 1.54) is 22.0 Å². The predicted molar refractivity (Wildman–Crippen MR) is 107 cm³/mol. The third-order valence-electron chi connectivity index (χ3n) is 4.97. The molecule has 0 radical (unpaired) electrons. The lowest BCUT2D eigenvalue weighted by molar-refractivity contribution is 0.219. The lowest BCUT2D eigenvalue weighted by atomic mass is 10.3. The molecule has 1 fully saturated rings. The van der Waals surface area contributed by atoms with Crippen LogP contribution in [0.15, 0.2) is 15.9 Å². The Labute approximate surface area is 163 Å². The van der Waals surface area contributed by atoms with Gasteiger partial charge in [0.05, 0.1) is 25.7 Å². The van der Waals surface area contributed by atoms with Gasteiger partial charge in [0.15, 0.2) is 11.2 Å². The monoisotopic (exact) mass is 412 g/mol. The van der Waals surface area contributed by atoms with Crippen LogP contribution in [0.4, 0.5) is 0 Å². The zero-order valence-electron chi connectivity index (χ0n) is 16.8. The highest BCUT2D eigenvalue weighted by Crippen LogP contribution is 2.48. The first-order chi connectivity index (χ1) is 13.4. The topological polar surface area (TPSA) is 97.4 Å². The zero-order chi connectivity index (χ0) is 20.3. The lowest BCUT2D eigenvalue weighted by Crippen LogP contribution is -2.39. The Bertz CT molecular complexity index is 978. The molecule has 2 aromatic rings. The minimum Gasteiger partial charge on any atom is -0.324 e. The van der Waals surface area contributed by atoms with Gasteiger partial charge in [-0.2, -0.15) is 0 Å². The smallest absolute Gasteiger partial charge is 0.324 e. The molecule has 3 rings (SSSR count). The molecule has 0 amide bonds. The first kappa shape index (κ1) is 21.0. The summed E-state index contributed by atoms with van der Waals surface area (Å²) in [4.78, 5) is 29.9. The molecule has 156 valence electrons. The van der Waals surface area contributed by atoms with Crippen LogP contribution >= 0.6 is 7.60 Å². The average molecular weight is 412 g/mol. The summed E-state index contributed by atoms with van der Waals surface area (Å²) in [7, 11) is -1.47. The Morgan fingerprint density at radius 2 is 1.86 bits per heavy atom. The van der Waals surface area contributed by atoms with Crippen molar-refractivity contribution in [2.75, 3.05) is 19.4 Å². The number of fused-ring (bicyclic) bond motifs is 1. The van der Waals surface area contributed by atoms with Gasteiger partial charge in [-0.25, -0.2) is 9.78 Å². The van der Waals surface area contributed by atoms with Crippen LogP contribution in [0.1, 0.15) is 39.5 Å². The second kappa shape index (κ2) is 8.76. The molecular formula is C18H29N4O5P. The largest absolute Gasteiger partial charge is 0.332 e. The van der Waals surface area contributed by atoms with Crippen molar-refractivity contribution < 1.29 is 13.6 Å². The van der Waals surface area contributed by atoms with E-state index in [0.29, 0.717) is 43.1 Å². The number of hydrogen-bond acceptors (Lipinski definition) is 6. The molecule has 0 N–H and O–H groups in total. The van der Waals surface area contributed by atoms with Gasteiger partial charge in [0.2, 0.25) is 0 Å².